The van der Waals surface area contributed by atoms with Crippen LogP contribution in [-0.2, 0) is 32.7 Å². The number of hydrogen-bond acceptors (Lipinski definition) is 8. The van der Waals surface area contributed by atoms with Crippen molar-refractivity contribution in [3.05, 3.63) is 12.2 Å². The molecule has 10 nitrogen and oxygen atoms in total. The summed E-state index contributed by atoms with van der Waals surface area (Å²) in [5.41, 5.74) is 5.33. The van der Waals surface area contributed by atoms with E-state index in [4.69, 9.17) is 24.8 Å². The van der Waals surface area contributed by atoms with Gasteiger partial charge in [-0.05, 0) is 38.5 Å². The lowest BCUT2D eigenvalue weighted by molar-refractivity contribution is -0.154. The number of nitrogens with two attached hydrogens (primary N) is 1. The van der Waals surface area contributed by atoms with Crippen molar-refractivity contribution < 1.29 is 42.7 Å². The van der Waals surface area contributed by atoms with Crippen LogP contribution in [0.3, 0.4) is 0 Å². The van der Waals surface area contributed by atoms with Crippen molar-refractivity contribution >= 4 is 19.8 Å². The van der Waals surface area contributed by atoms with Crippen LogP contribution in [0.1, 0.15) is 168 Å². The highest BCUT2D eigenvalue weighted by atomic mass is 31.2. The lowest BCUT2D eigenvalue weighted by Crippen LogP contribution is -2.34. The zero-order chi connectivity index (χ0) is 34.9. The maximum atomic E-state index is 12.5. The predicted octanol–water partition coefficient (Wildman–Crippen LogP) is 9.42. The van der Waals surface area contributed by atoms with Gasteiger partial charge >= 0.3 is 19.8 Å². The van der Waals surface area contributed by atoms with E-state index in [0.29, 0.717) is 13.0 Å². The number of carbonyl (C=O) groups is 2. The standard InChI is InChI=1S/C36H70NO9P/c1-3-5-7-9-11-13-15-16-17-19-21-23-25-27-29-43-30-33(31-44-47(41,42)45-32-34(37)36(39)40)46-35(38)28-26-24-22-20-18-14-12-10-8-6-4-2/h13,15,33-34H,3-12,14,16-32,37H2,1-2H3,(H,39,40)(H,41,42)/b15-13-. The predicted molar refractivity (Wildman–Crippen MR) is 189 cm³/mol. The second kappa shape index (κ2) is 33.2. The van der Waals surface area contributed by atoms with E-state index in [1.165, 1.54) is 103 Å². The normalized spacial score (nSPS) is 14.3. The summed E-state index contributed by atoms with van der Waals surface area (Å²) in [5.74, 6) is -1.78. The maximum Gasteiger partial charge on any atom is 0.472 e. The maximum absolute atomic E-state index is 12.5. The summed E-state index contributed by atoms with van der Waals surface area (Å²) in [6, 6.07) is -1.47. The summed E-state index contributed by atoms with van der Waals surface area (Å²) in [4.78, 5) is 33.3. The Balaban J connectivity index is 4.30. The molecule has 11 heteroatoms. The summed E-state index contributed by atoms with van der Waals surface area (Å²) in [5, 5.41) is 8.85. The number of carboxylic acid groups (broad SMARTS) is 1. The smallest absolute Gasteiger partial charge is 0.472 e. The molecule has 278 valence electrons. The van der Waals surface area contributed by atoms with Crippen molar-refractivity contribution in [2.45, 2.75) is 180 Å². The number of rotatable bonds is 36. The first-order valence-electron chi connectivity index (χ1n) is 18.7. The second-order valence-electron chi connectivity index (χ2n) is 12.7. The Morgan fingerprint density at radius 3 is 1.64 bits per heavy atom. The number of phosphoric acid groups is 1. The highest BCUT2D eigenvalue weighted by Gasteiger charge is 2.27. The molecule has 0 aromatic rings. The molecule has 0 aliphatic rings. The number of unbranched alkanes of at least 4 members (excludes halogenated alkanes) is 20. The number of carboxylic acids is 1. The van der Waals surface area contributed by atoms with Crippen LogP contribution >= 0.6 is 7.82 Å². The van der Waals surface area contributed by atoms with Gasteiger partial charge in [-0.1, -0.05) is 135 Å². The monoisotopic (exact) mass is 691 g/mol. The fraction of sp³-hybridized carbons (Fsp3) is 0.889. The Kier molecular flexibility index (Phi) is 32.3. The Morgan fingerprint density at radius 1 is 0.660 bits per heavy atom. The first kappa shape index (κ1) is 45.7. The summed E-state index contributed by atoms with van der Waals surface area (Å²) in [7, 11) is -4.60. The van der Waals surface area contributed by atoms with Crippen LogP contribution in [0.5, 0.6) is 0 Å². The third kappa shape index (κ3) is 33.0. The molecule has 0 bridgehead atoms. The van der Waals surface area contributed by atoms with Crippen molar-refractivity contribution in [3.8, 4) is 0 Å². The topological polar surface area (TPSA) is 155 Å². The molecule has 0 saturated heterocycles. The molecule has 0 aliphatic heterocycles. The van der Waals surface area contributed by atoms with Crippen LogP contribution in [-0.4, -0.2) is 60.5 Å². The second-order valence-corrected chi connectivity index (χ2v) is 14.2. The molecule has 0 aliphatic carbocycles. The highest BCUT2D eigenvalue weighted by molar-refractivity contribution is 7.47. The Labute approximate surface area is 286 Å². The van der Waals surface area contributed by atoms with Gasteiger partial charge in [0, 0.05) is 13.0 Å². The zero-order valence-corrected chi connectivity index (χ0v) is 30.8. The van der Waals surface area contributed by atoms with Crippen LogP contribution < -0.4 is 5.73 Å². The molecule has 0 saturated carbocycles. The first-order chi connectivity index (χ1) is 22.7. The van der Waals surface area contributed by atoms with E-state index in [-0.39, 0.29) is 13.0 Å². The largest absolute Gasteiger partial charge is 0.480 e. The first-order valence-corrected chi connectivity index (χ1v) is 20.2. The van der Waals surface area contributed by atoms with Crippen molar-refractivity contribution in [2.24, 2.45) is 5.73 Å². The molecule has 0 amide bonds. The minimum Gasteiger partial charge on any atom is -0.480 e. The Bertz CT molecular complexity index is 811. The fourth-order valence-electron chi connectivity index (χ4n) is 5.07. The van der Waals surface area contributed by atoms with Crippen LogP contribution in [0.4, 0.5) is 0 Å². The fourth-order valence-corrected chi connectivity index (χ4v) is 5.85. The summed E-state index contributed by atoms with van der Waals surface area (Å²) >= 11 is 0. The van der Waals surface area contributed by atoms with Crippen molar-refractivity contribution in [3.63, 3.8) is 0 Å². The van der Waals surface area contributed by atoms with Gasteiger partial charge in [0.05, 0.1) is 19.8 Å². The molecule has 0 fully saturated rings. The summed E-state index contributed by atoms with van der Waals surface area (Å²) < 4.78 is 33.2. The van der Waals surface area contributed by atoms with Gasteiger partial charge in [-0.3, -0.25) is 18.6 Å². The van der Waals surface area contributed by atoms with E-state index in [1.807, 2.05) is 0 Å². The number of carbonyl (C=O) groups excluding carboxylic acids is 1. The van der Waals surface area contributed by atoms with Gasteiger partial charge in [0.25, 0.3) is 0 Å². The lowest BCUT2D eigenvalue weighted by atomic mass is 10.1. The summed E-state index contributed by atoms with van der Waals surface area (Å²) in [6.07, 6.45) is 31.2. The van der Waals surface area contributed by atoms with Crippen LogP contribution in [0.2, 0.25) is 0 Å². The van der Waals surface area contributed by atoms with Crippen LogP contribution in [0, 0.1) is 0 Å². The van der Waals surface area contributed by atoms with Gasteiger partial charge in [-0.2, -0.15) is 0 Å². The minimum atomic E-state index is -4.60. The number of aliphatic carboxylic acids is 1. The zero-order valence-electron chi connectivity index (χ0n) is 29.9. The van der Waals surface area contributed by atoms with E-state index >= 15 is 0 Å². The molecular formula is C36H70NO9P. The van der Waals surface area contributed by atoms with Crippen LogP contribution in [0.15, 0.2) is 12.2 Å². The van der Waals surface area contributed by atoms with E-state index in [9.17, 15) is 19.0 Å². The number of ether oxygens (including phenoxy) is 2. The van der Waals surface area contributed by atoms with Gasteiger partial charge in [0.2, 0.25) is 0 Å². The average molecular weight is 692 g/mol. The molecule has 47 heavy (non-hydrogen) atoms. The Hall–Kier alpha value is -1.29. The van der Waals surface area contributed by atoms with Gasteiger partial charge in [0.15, 0.2) is 0 Å². The minimum absolute atomic E-state index is 0.0173. The highest BCUT2D eigenvalue weighted by Crippen LogP contribution is 2.43. The van der Waals surface area contributed by atoms with E-state index < -0.39 is 45.1 Å². The molecule has 0 spiro atoms. The SMILES string of the molecule is CCCCCC/C=C\CCCCCCCCOCC(COP(=O)(O)OCC(N)C(=O)O)OC(=O)CCCCCCCCCCCCC. The Morgan fingerprint density at radius 2 is 1.11 bits per heavy atom. The lowest BCUT2D eigenvalue weighted by Gasteiger charge is -2.20. The van der Waals surface area contributed by atoms with E-state index in [1.54, 1.807) is 0 Å². The van der Waals surface area contributed by atoms with E-state index in [2.05, 4.69) is 30.5 Å². The van der Waals surface area contributed by atoms with Gasteiger partial charge < -0.3 is 25.2 Å². The molecule has 3 atom stereocenters. The van der Waals surface area contributed by atoms with Gasteiger partial charge in [-0.25, -0.2) is 4.57 Å². The van der Waals surface area contributed by atoms with E-state index in [0.717, 1.165) is 38.5 Å². The quantitative estimate of drug-likeness (QED) is 0.0250. The molecule has 0 radical (unpaired) electrons. The van der Waals surface area contributed by atoms with Crippen molar-refractivity contribution in [1.29, 1.82) is 0 Å². The number of esters is 1. The van der Waals surface area contributed by atoms with Crippen LogP contribution in [0.25, 0.3) is 0 Å². The number of phosphoric ester groups is 1. The molecule has 0 rings (SSSR count). The van der Waals surface area contributed by atoms with Gasteiger partial charge in [-0.15, -0.1) is 0 Å². The molecular weight excluding hydrogens is 621 g/mol. The molecule has 0 heterocycles. The number of allylic oxidation sites excluding steroid dienone is 2. The molecule has 0 aromatic carbocycles. The summed E-state index contributed by atoms with van der Waals surface area (Å²) in [6.45, 7) is 3.84. The third-order valence-corrected chi connectivity index (χ3v) is 9.00. The molecule has 4 N–H and O–H groups in total. The number of hydrogen-bond donors (Lipinski definition) is 3. The molecule has 0 aromatic heterocycles. The average Bonchev–Trinajstić information content (AvgIpc) is 3.04. The van der Waals surface area contributed by atoms with Gasteiger partial charge in [0.1, 0.15) is 12.1 Å². The van der Waals surface area contributed by atoms with Crippen molar-refractivity contribution in [2.75, 3.05) is 26.4 Å². The molecule has 3 unspecified atom stereocenters. The van der Waals surface area contributed by atoms with Crippen molar-refractivity contribution in [1.82, 2.24) is 0 Å². The third-order valence-electron chi connectivity index (χ3n) is 8.04.